The number of hydrogen-bond acceptors (Lipinski definition) is 5. The predicted octanol–water partition coefficient (Wildman–Crippen LogP) is 3.67. The van der Waals surface area contributed by atoms with Gasteiger partial charge in [-0.2, -0.15) is 0 Å². The summed E-state index contributed by atoms with van der Waals surface area (Å²) >= 11 is 0. The van der Waals surface area contributed by atoms with Gasteiger partial charge < -0.3 is 9.80 Å². The molecule has 1 aliphatic rings. The van der Waals surface area contributed by atoms with Crippen molar-refractivity contribution in [1.29, 1.82) is 0 Å². The second kappa shape index (κ2) is 9.33. The monoisotopic (exact) mass is 395 g/mol. The van der Waals surface area contributed by atoms with Crippen molar-refractivity contribution in [2.24, 2.45) is 0 Å². The van der Waals surface area contributed by atoms with Crippen LogP contribution in [0.1, 0.15) is 62.2 Å². The third-order valence-electron chi connectivity index (χ3n) is 5.75. The lowest BCUT2D eigenvalue weighted by atomic mass is 10.0. The summed E-state index contributed by atoms with van der Waals surface area (Å²) in [6.07, 6.45) is 5.94. The molecule has 0 N–H and O–H groups in total. The lowest BCUT2D eigenvalue weighted by Crippen LogP contribution is -2.48. The lowest BCUT2D eigenvalue weighted by molar-refractivity contribution is -0.133. The molecule has 29 heavy (non-hydrogen) atoms. The summed E-state index contributed by atoms with van der Waals surface area (Å²) in [7, 11) is 0. The van der Waals surface area contributed by atoms with Gasteiger partial charge in [0.2, 0.25) is 5.91 Å². The van der Waals surface area contributed by atoms with E-state index in [1.807, 2.05) is 26.1 Å². The molecule has 6 heteroatoms. The number of nitrogens with zero attached hydrogens (tertiary/aromatic N) is 5. The summed E-state index contributed by atoms with van der Waals surface area (Å²) in [5.74, 6) is 2.43. The quantitative estimate of drug-likeness (QED) is 0.747. The van der Waals surface area contributed by atoms with Crippen LogP contribution in [0.3, 0.4) is 0 Å². The molecule has 1 amide bonds. The fraction of sp³-hybridized carbons (Fsp3) is 0.565. The molecule has 6 nitrogen and oxygen atoms in total. The SMILES string of the molecule is CCN(C(=O)Cc1cnccc1C)C1CCN(c2cc(C)nc(C(C)C)n2)CC1. The van der Waals surface area contributed by atoms with E-state index in [0.29, 0.717) is 12.3 Å². The summed E-state index contributed by atoms with van der Waals surface area (Å²) in [6, 6.07) is 4.32. The highest BCUT2D eigenvalue weighted by Gasteiger charge is 2.28. The van der Waals surface area contributed by atoms with E-state index in [1.54, 1.807) is 6.20 Å². The molecule has 0 spiro atoms. The Bertz CT molecular complexity index is 843. The molecule has 1 aliphatic heterocycles. The van der Waals surface area contributed by atoms with Gasteiger partial charge in [-0.15, -0.1) is 0 Å². The summed E-state index contributed by atoms with van der Waals surface area (Å²) in [5.41, 5.74) is 3.16. The highest BCUT2D eigenvalue weighted by Crippen LogP contribution is 2.24. The minimum atomic E-state index is 0.196. The molecule has 0 saturated carbocycles. The molecule has 1 saturated heterocycles. The molecule has 2 aromatic rings. The largest absolute Gasteiger partial charge is 0.356 e. The zero-order valence-corrected chi connectivity index (χ0v) is 18.4. The Balaban J connectivity index is 1.64. The first kappa shape index (κ1) is 21.2. The van der Waals surface area contributed by atoms with E-state index in [-0.39, 0.29) is 11.9 Å². The normalized spacial score (nSPS) is 15.0. The number of aryl methyl sites for hydroxylation is 2. The number of rotatable bonds is 6. The molecule has 3 heterocycles. The molecule has 1 fully saturated rings. The highest BCUT2D eigenvalue weighted by molar-refractivity contribution is 5.79. The lowest BCUT2D eigenvalue weighted by Gasteiger charge is -2.39. The maximum atomic E-state index is 13.0. The molecule has 0 unspecified atom stereocenters. The molecular weight excluding hydrogens is 362 g/mol. The maximum Gasteiger partial charge on any atom is 0.227 e. The number of hydrogen-bond donors (Lipinski definition) is 0. The number of amides is 1. The number of aromatic nitrogens is 3. The molecule has 0 bridgehead atoms. The van der Waals surface area contributed by atoms with E-state index in [2.05, 4.69) is 46.6 Å². The number of carbonyl (C=O) groups is 1. The van der Waals surface area contributed by atoms with Crippen LogP contribution < -0.4 is 4.90 Å². The van der Waals surface area contributed by atoms with Gasteiger partial charge >= 0.3 is 0 Å². The second-order valence-electron chi connectivity index (χ2n) is 8.26. The minimum Gasteiger partial charge on any atom is -0.356 e. The van der Waals surface area contributed by atoms with Crippen molar-refractivity contribution in [2.45, 2.75) is 65.8 Å². The zero-order chi connectivity index (χ0) is 21.0. The van der Waals surface area contributed by atoms with Gasteiger partial charge in [0, 0.05) is 55.7 Å². The fourth-order valence-corrected chi connectivity index (χ4v) is 3.99. The summed E-state index contributed by atoms with van der Waals surface area (Å²) in [5, 5.41) is 0. The van der Waals surface area contributed by atoms with Gasteiger partial charge in [0.05, 0.1) is 6.42 Å². The maximum absolute atomic E-state index is 13.0. The average molecular weight is 396 g/mol. The van der Waals surface area contributed by atoms with Gasteiger partial charge in [0.1, 0.15) is 11.6 Å². The number of anilines is 1. The number of piperidine rings is 1. The first-order valence-electron chi connectivity index (χ1n) is 10.7. The summed E-state index contributed by atoms with van der Waals surface area (Å²) in [6.45, 7) is 13.0. The Morgan fingerprint density at radius 3 is 2.59 bits per heavy atom. The molecule has 2 aromatic heterocycles. The molecule has 0 aliphatic carbocycles. The Hall–Kier alpha value is -2.50. The van der Waals surface area contributed by atoms with Crippen LogP contribution in [0.15, 0.2) is 24.5 Å². The number of pyridine rings is 1. The highest BCUT2D eigenvalue weighted by atomic mass is 16.2. The number of likely N-dealkylation sites (N-methyl/N-ethyl adjacent to an activating group) is 1. The predicted molar refractivity (Wildman–Crippen MR) is 116 cm³/mol. The molecule has 0 atom stereocenters. The van der Waals surface area contributed by atoms with Crippen LogP contribution in [0.2, 0.25) is 0 Å². The fourth-order valence-electron chi connectivity index (χ4n) is 3.99. The van der Waals surface area contributed by atoms with Crippen molar-refractivity contribution in [3.05, 3.63) is 47.2 Å². The molecule has 156 valence electrons. The van der Waals surface area contributed by atoms with E-state index >= 15 is 0 Å². The van der Waals surface area contributed by atoms with Crippen molar-refractivity contribution >= 4 is 11.7 Å². The van der Waals surface area contributed by atoms with Crippen LogP contribution in [-0.4, -0.2) is 51.4 Å². The van der Waals surface area contributed by atoms with Gasteiger partial charge in [-0.3, -0.25) is 9.78 Å². The van der Waals surface area contributed by atoms with Crippen molar-refractivity contribution in [1.82, 2.24) is 19.9 Å². The molecule has 3 rings (SSSR count). The Morgan fingerprint density at radius 2 is 1.97 bits per heavy atom. The van der Waals surface area contributed by atoms with Gasteiger partial charge in [0.25, 0.3) is 0 Å². The third-order valence-corrected chi connectivity index (χ3v) is 5.75. The van der Waals surface area contributed by atoms with Crippen LogP contribution in [-0.2, 0) is 11.2 Å². The first-order valence-corrected chi connectivity index (χ1v) is 10.7. The van der Waals surface area contributed by atoms with Crippen LogP contribution in [0, 0.1) is 13.8 Å². The van der Waals surface area contributed by atoms with Crippen LogP contribution in [0.5, 0.6) is 0 Å². The Morgan fingerprint density at radius 1 is 1.24 bits per heavy atom. The molecular formula is C23H33N5O. The van der Waals surface area contributed by atoms with E-state index in [1.165, 1.54) is 0 Å². The third kappa shape index (κ3) is 5.11. The van der Waals surface area contributed by atoms with Crippen LogP contribution >= 0.6 is 0 Å². The summed E-state index contributed by atoms with van der Waals surface area (Å²) < 4.78 is 0. The van der Waals surface area contributed by atoms with Crippen LogP contribution in [0.4, 0.5) is 5.82 Å². The van der Waals surface area contributed by atoms with Gasteiger partial charge in [-0.1, -0.05) is 13.8 Å². The van der Waals surface area contributed by atoms with E-state index in [4.69, 9.17) is 4.98 Å². The zero-order valence-electron chi connectivity index (χ0n) is 18.4. The van der Waals surface area contributed by atoms with Crippen molar-refractivity contribution in [3.8, 4) is 0 Å². The Kier molecular flexibility index (Phi) is 6.83. The molecule has 0 aromatic carbocycles. The summed E-state index contributed by atoms with van der Waals surface area (Å²) in [4.78, 5) is 30.9. The van der Waals surface area contributed by atoms with Crippen molar-refractivity contribution in [2.75, 3.05) is 24.5 Å². The second-order valence-corrected chi connectivity index (χ2v) is 8.26. The van der Waals surface area contributed by atoms with Gasteiger partial charge in [-0.05, 0) is 50.8 Å². The van der Waals surface area contributed by atoms with Crippen molar-refractivity contribution in [3.63, 3.8) is 0 Å². The van der Waals surface area contributed by atoms with Gasteiger partial charge in [0.15, 0.2) is 0 Å². The van der Waals surface area contributed by atoms with E-state index < -0.39 is 0 Å². The average Bonchev–Trinajstić information content (AvgIpc) is 2.70. The van der Waals surface area contributed by atoms with Crippen LogP contribution in [0.25, 0.3) is 0 Å². The van der Waals surface area contributed by atoms with E-state index in [9.17, 15) is 4.79 Å². The van der Waals surface area contributed by atoms with Gasteiger partial charge in [-0.25, -0.2) is 9.97 Å². The van der Waals surface area contributed by atoms with Crippen molar-refractivity contribution < 1.29 is 4.79 Å². The standard InChI is InChI=1S/C23H33N5O/c1-6-28(22(29)14-19-15-24-10-7-17(19)4)20-8-11-27(12-9-20)21-13-18(5)25-23(26-21)16(2)3/h7,10,13,15-16,20H,6,8-9,11-12,14H2,1-5H3. The first-order chi connectivity index (χ1) is 13.9. The number of carbonyl (C=O) groups excluding carboxylic acids is 1. The Labute approximate surface area is 174 Å². The smallest absolute Gasteiger partial charge is 0.227 e. The topological polar surface area (TPSA) is 62.2 Å². The van der Waals surface area contributed by atoms with E-state index in [0.717, 1.165) is 60.9 Å². The molecule has 0 radical (unpaired) electrons. The minimum absolute atomic E-state index is 0.196.